The summed E-state index contributed by atoms with van der Waals surface area (Å²) in [4.78, 5) is 0. The molecule has 0 atom stereocenters. The van der Waals surface area contributed by atoms with Crippen molar-refractivity contribution in [3.05, 3.63) is 48.1 Å². The number of ether oxygens (including phenoxy) is 1. The highest BCUT2D eigenvalue weighted by atomic mass is 16.5. The van der Waals surface area contributed by atoms with Gasteiger partial charge in [-0.2, -0.15) is 0 Å². The molecule has 0 aliphatic heterocycles. The Balaban J connectivity index is 1.67. The Hall–Kier alpha value is -1.94. The fourth-order valence-corrected chi connectivity index (χ4v) is 3.61. The molecule has 1 aliphatic rings. The Kier molecular flexibility index (Phi) is 9.73. The van der Waals surface area contributed by atoms with Crippen molar-refractivity contribution in [2.75, 3.05) is 6.61 Å². The van der Waals surface area contributed by atoms with Gasteiger partial charge in [0.1, 0.15) is 5.75 Å². The molecule has 0 bridgehead atoms. The van der Waals surface area contributed by atoms with Crippen LogP contribution in [0.5, 0.6) is 5.75 Å². The van der Waals surface area contributed by atoms with Crippen LogP contribution in [0.2, 0.25) is 0 Å². The molecule has 1 aromatic carbocycles. The molecule has 140 valence electrons. The van der Waals surface area contributed by atoms with Crippen LogP contribution in [0, 0.1) is 23.7 Å². The van der Waals surface area contributed by atoms with Crippen molar-refractivity contribution in [3.63, 3.8) is 0 Å². The lowest BCUT2D eigenvalue weighted by Crippen LogP contribution is -2.12. The van der Waals surface area contributed by atoms with E-state index in [9.17, 15) is 0 Å². The van der Waals surface area contributed by atoms with Crippen molar-refractivity contribution in [3.8, 4) is 17.6 Å². The van der Waals surface area contributed by atoms with E-state index in [2.05, 4.69) is 37.0 Å². The highest BCUT2D eigenvalue weighted by Gasteiger charge is 2.18. The predicted octanol–water partition coefficient (Wildman–Crippen LogP) is 7.04. The van der Waals surface area contributed by atoms with Crippen molar-refractivity contribution < 1.29 is 4.74 Å². The van der Waals surface area contributed by atoms with E-state index in [0.717, 1.165) is 23.1 Å². The van der Waals surface area contributed by atoms with E-state index in [1.807, 2.05) is 37.3 Å². The Labute approximate surface area is 160 Å². The van der Waals surface area contributed by atoms with E-state index < -0.39 is 0 Å². The molecule has 1 aliphatic carbocycles. The summed E-state index contributed by atoms with van der Waals surface area (Å²) in [6.07, 6.45) is 19.4. The second-order valence-corrected chi connectivity index (χ2v) is 7.26. The zero-order valence-corrected chi connectivity index (χ0v) is 16.5. The van der Waals surface area contributed by atoms with Gasteiger partial charge in [0.2, 0.25) is 0 Å². The normalized spacial score (nSPS) is 20.2. The zero-order valence-electron chi connectivity index (χ0n) is 16.5. The molecule has 0 radical (unpaired) electrons. The maximum atomic E-state index is 5.45. The lowest BCUT2D eigenvalue weighted by atomic mass is 9.79. The molecule has 0 heterocycles. The first-order valence-corrected chi connectivity index (χ1v) is 10.4. The number of benzene rings is 1. The van der Waals surface area contributed by atoms with Crippen LogP contribution in [-0.4, -0.2) is 6.61 Å². The average molecular weight is 351 g/mol. The number of hydrogen-bond donors (Lipinski definition) is 0. The van der Waals surface area contributed by atoms with E-state index in [-0.39, 0.29) is 0 Å². The third-order valence-corrected chi connectivity index (χ3v) is 5.19. The zero-order chi connectivity index (χ0) is 18.5. The fourth-order valence-electron chi connectivity index (χ4n) is 3.61. The van der Waals surface area contributed by atoms with Crippen LogP contribution in [-0.2, 0) is 0 Å². The molecule has 0 unspecified atom stereocenters. The summed E-state index contributed by atoms with van der Waals surface area (Å²) in [7, 11) is 0. The molecule has 0 aromatic heterocycles. The summed E-state index contributed by atoms with van der Waals surface area (Å²) in [5, 5.41) is 0. The molecule has 0 spiro atoms. The monoisotopic (exact) mass is 350 g/mol. The van der Waals surface area contributed by atoms with E-state index in [1.165, 1.54) is 51.4 Å². The minimum absolute atomic E-state index is 0.702. The first-order chi connectivity index (χ1) is 12.8. The highest BCUT2D eigenvalue weighted by molar-refractivity contribution is 5.54. The van der Waals surface area contributed by atoms with Crippen LogP contribution < -0.4 is 4.74 Å². The van der Waals surface area contributed by atoms with Crippen molar-refractivity contribution in [2.24, 2.45) is 11.8 Å². The van der Waals surface area contributed by atoms with Crippen LogP contribution in [0.1, 0.15) is 70.8 Å². The minimum atomic E-state index is 0.702. The Bertz CT molecular complexity index is 604. The van der Waals surface area contributed by atoms with Gasteiger partial charge in [0.05, 0.1) is 6.61 Å². The summed E-state index contributed by atoms with van der Waals surface area (Å²) in [6.45, 7) is 4.99. The minimum Gasteiger partial charge on any atom is -0.494 e. The average Bonchev–Trinajstić information content (AvgIpc) is 2.67. The van der Waals surface area contributed by atoms with Crippen LogP contribution >= 0.6 is 0 Å². The molecule has 1 fully saturated rings. The number of rotatable bonds is 8. The van der Waals surface area contributed by atoms with E-state index in [1.54, 1.807) is 0 Å². The van der Waals surface area contributed by atoms with Gasteiger partial charge in [0, 0.05) is 0 Å². The maximum absolute atomic E-state index is 5.45. The third-order valence-electron chi connectivity index (χ3n) is 5.19. The van der Waals surface area contributed by atoms with Crippen LogP contribution in [0.25, 0.3) is 6.08 Å². The second kappa shape index (κ2) is 12.4. The highest BCUT2D eigenvalue weighted by Crippen LogP contribution is 2.32. The smallest absolute Gasteiger partial charge is 0.119 e. The maximum Gasteiger partial charge on any atom is 0.119 e. The van der Waals surface area contributed by atoms with Crippen LogP contribution in [0.3, 0.4) is 0 Å². The van der Waals surface area contributed by atoms with Crippen LogP contribution in [0.15, 0.2) is 42.5 Å². The number of hydrogen-bond acceptors (Lipinski definition) is 1. The van der Waals surface area contributed by atoms with Gasteiger partial charge >= 0.3 is 0 Å². The fraction of sp³-hybridized carbons (Fsp3) is 0.520. The van der Waals surface area contributed by atoms with Crippen molar-refractivity contribution in [2.45, 2.75) is 65.2 Å². The standard InChI is InChI=1S/C25H34O/c1-3-5-8-11-22-14-16-23(17-15-22)12-9-6-7-10-13-24-18-20-25(21-19-24)26-4-2/h9-10,12-13,18-23H,3-5,8,11,14-17H2,1-2H3. The first kappa shape index (κ1) is 20.4. The summed E-state index contributed by atoms with van der Waals surface area (Å²) in [5.41, 5.74) is 1.15. The van der Waals surface area contributed by atoms with Gasteiger partial charge in [-0.1, -0.05) is 62.7 Å². The van der Waals surface area contributed by atoms with E-state index in [4.69, 9.17) is 4.74 Å². The van der Waals surface area contributed by atoms with Gasteiger partial charge in [0.15, 0.2) is 0 Å². The first-order valence-electron chi connectivity index (χ1n) is 10.4. The quantitative estimate of drug-likeness (QED) is 0.361. The number of unbranched alkanes of at least 4 members (excludes halogenated alkanes) is 2. The lowest BCUT2D eigenvalue weighted by Gasteiger charge is -2.26. The topological polar surface area (TPSA) is 9.23 Å². The van der Waals surface area contributed by atoms with Crippen molar-refractivity contribution >= 4 is 6.08 Å². The molecule has 0 N–H and O–H groups in total. The molecule has 0 saturated heterocycles. The molecule has 0 amide bonds. The van der Waals surface area contributed by atoms with E-state index >= 15 is 0 Å². The van der Waals surface area contributed by atoms with E-state index in [0.29, 0.717) is 6.61 Å². The second-order valence-electron chi connectivity index (χ2n) is 7.26. The molecule has 1 saturated carbocycles. The SMILES string of the molecule is CCCCCC1CCC(C=CC#CC=Cc2ccc(OCC)cc2)CC1. The molecule has 1 aromatic rings. The summed E-state index contributed by atoms with van der Waals surface area (Å²) in [5.74, 6) is 8.89. The predicted molar refractivity (Wildman–Crippen MR) is 113 cm³/mol. The molecule has 26 heavy (non-hydrogen) atoms. The van der Waals surface area contributed by atoms with Crippen molar-refractivity contribution in [1.29, 1.82) is 0 Å². The van der Waals surface area contributed by atoms with Crippen molar-refractivity contribution in [1.82, 2.24) is 0 Å². The van der Waals surface area contributed by atoms with Gasteiger partial charge in [0.25, 0.3) is 0 Å². The Morgan fingerprint density at radius 1 is 0.962 bits per heavy atom. The molecule has 2 rings (SSSR count). The summed E-state index contributed by atoms with van der Waals surface area (Å²) < 4.78 is 5.45. The van der Waals surface area contributed by atoms with Gasteiger partial charge in [-0.3, -0.25) is 0 Å². The lowest BCUT2D eigenvalue weighted by molar-refractivity contribution is 0.289. The largest absolute Gasteiger partial charge is 0.494 e. The molecule has 1 nitrogen and oxygen atoms in total. The molecular weight excluding hydrogens is 316 g/mol. The van der Waals surface area contributed by atoms with Gasteiger partial charge < -0.3 is 4.74 Å². The van der Waals surface area contributed by atoms with Gasteiger partial charge in [-0.25, -0.2) is 0 Å². The molecule has 1 heteroatoms. The van der Waals surface area contributed by atoms with Gasteiger partial charge in [-0.05, 0) is 80.4 Å². The van der Waals surface area contributed by atoms with Gasteiger partial charge in [-0.15, -0.1) is 0 Å². The third kappa shape index (κ3) is 7.96. The Morgan fingerprint density at radius 3 is 2.38 bits per heavy atom. The summed E-state index contributed by atoms with van der Waals surface area (Å²) in [6, 6.07) is 8.10. The summed E-state index contributed by atoms with van der Waals surface area (Å²) >= 11 is 0. The number of allylic oxidation sites excluding steroid dienone is 3. The van der Waals surface area contributed by atoms with Crippen LogP contribution in [0.4, 0.5) is 0 Å². The Morgan fingerprint density at radius 2 is 1.69 bits per heavy atom. The molecular formula is C25H34O.